The van der Waals surface area contributed by atoms with E-state index >= 15 is 0 Å². The van der Waals surface area contributed by atoms with Crippen LogP contribution in [0.15, 0.2) is 0 Å². The summed E-state index contributed by atoms with van der Waals surface area (Å²) in [4.78, 5) is 11.1. The van der Waals surface area contributed by atoms with Crippen molar-refractivity contribution in [3.8, 4) is 0 Å². The predicted molar refractivity (Wildman–Crippen MR) is 57.3 cm³/mol. The minimum absolute atomic E-state index is 0.135. The van der Waals surface area contributed by atoms with Gasteiger partial charge in [0.2, 0.25) is 0 Å². The number of Topliss-reactive ketones (excluding diaryl/α,β-unsaturated/α-hetero) is 1. The summed E-state index contributed by atoms with van der Waals surface area (Å²) in [6, 6.07) is 0. The molecule has 1 aliphatic carbocycles. The quantitative estimate of drug-likeness (QED) is 0.778. The Morgan fingerprint density at radius 1 is 1.38 bits per heavy atom. The second-order valence-corrected chi connectivity index (χ2v) is 6.07. The Hall–Kier alpha value is -0.490. The van der Waals surface area contributed by atoms with Crippen molar-refractivity contribution in [2.75, 3.05) is 0 Å². The lowest BCUT2D eigenvalue weighted by Gasteiger charge is -2.27. The Morgan fingerprint density at radius 2 is 1.88 bits per heavy atom. The molecule has 1 saturated carbocycles. The maximum Gasteiger partial charge on any atom is 0.307 e. The first-order chi connectivity index (χ1) is 7.27. The molecule has 1 atom stereocenters. The average molecular weight is 252 g/mol. The monoisotopic (exact) mass is 252 g/mol. The van der Waals surface area contributed by atoms with Gasteiger partial charge in [-0.1, -0.05) is 32.1 Å². The lowest BCUT2D eigenvalue weighted by Crippen LogP contribution is -2.42. The van der Waals surface area contributed by atoms with Gasteiger partial charge in [-0.05, 0) is 12.8 Å². The average Bonchev–Trinajstić information content (AvgIpc) is 2.17. The summed E-state index contributed by atoms with van der Waals surface area (Å²) in [5, 5.41) is -3.12. The lowest BCUT2D eigenvalue weighted by molar-refractivity contribution is -0.124. The molecule has 0 aromatic heterocycles. The largest absolute Gasteiger partial charge is 0.307 e. The van der Waals surface area contributed by atoms with Crippen LogP contribution in [0.4, 0.5) is 4.39 Å². The molecule has 0 aromatic rings. The molecule has 0 amide bonds. The molecule has 0 saturated heterocycles. The Morgan fingerprint density at radius 3 is 2.25 bits per heavy atom. The topological polar surface area (TPSA) is 71.4 Å². The summed E-state index contributed by atoms with van der Waals surface area (Å²) < 4.78 is 44.7. The van der Waals surface area contributed by atoms with Gasteiger partial charge in [0.1, 0.15) is 0 Å². The molecule has 0 bridgehead atoms. The Labute approximate surface area is 95.0 Å². The molecule has 0 spiro atoms. The zero-order valence-electron chi connectivity index (χ0n) is 9.28. The van der Waals surface area contributed by atoms with Crippen molar-refractivity contribution >= 4 is 15.9 Å². The maximum atomic E-state index is 14.0. The van der Waals surface area contributed by atoms with E-state index in [4.69, 9.17) is 4.55 Å². The third-order valence-corrected chi connectivity index (χ3v) is 4.48. The Balaban J connectivity index is 2.83. The molecule has 94 valence electrons. The van der Waals surface area contributed by atoms with Crippen LogP contribution < -0.4 is 0 Å². The van der Waals surface area contributed by atoms with Gasteiger partial charge >= 0.3 is 10.1 Å². The fraction of sp³-hybridized carbons (Fsp3) is 0.900. The van der Waals surface area contributed by atoms with E-state index in [-0.39, 0.29) is 5.92 Å². The van der Waals surface area contributed by atoms with Gasteiger partial charge in [0.25, 0.3) is 5.00 Å². The molecule has 0 radical (unpaired) electrons. The zero-order valence-corrected chi connectivity index (χ0v) is 10.1. The van der Waals surface area contributed by atoms with Crippen LogP contribution in [0.1, 0.15) is 45.4 Å². The van der Waals surface area contributed by atoms with Crippen molar-refractivity contribution in [2.45, 2.75) is 50.4 Å². The summed E-state index contributed by atoms with van der Waals surface area (Å²) >= 11 is 0. The van der Waals surface area contributed by atoms with E-state index < -0.39 is 27.3 Å². The highest BCUT2D eigenvalue weighted by molar-refractivity contribution is 7.87. The van der Waals surface area contributed by atoms with Gasteiger partial charge in [0, 0.05) is 6.42 Å². The van der Waals surface area contributed by atoms with Crippen LogP contribution in [-0.2, 0) is 14.9 Å². The molecule has 0 aliphatic heterocycles. The zero-order chi connectivity index (χ0) is 12.4. The second kappa shape index (κ2) is 4.79. The normalized spacial score (nSPS) is 22.7. The molecular weight excluding hydrogens is 235 g/mol. The van der Waals surface area contributed by atoms with E-state index in [0.717, 1.165) is 26.2 Å². The van der Waals surface area contributed by atoms with E-state index in [0.29, 0.717) is 12.8 Å². The van der Waals surface area contributed by atoms with Gasteiger partial charge < -0.3 is 0 Å². The molecule has 1 rings (SSSR count). The van der Waals surface area contributed by atoms with Crippen molar-refractivity contribution in [2.24, 2.45) is 5.92 Å². The third-order valence-electron chi connectivity index (χ3n) is 3.21. The van der Waals surface area contributed by atoms with Crippen molar-refractivity contribution in [3.05, 3.63) is 0 Å². The first kappa shape index (κ1) is 13.6. The van der Waals surface area contributed by atoms with E-state index in [9.17, 15) is 17.6 Å². The summed E-state index contributed by atoms with van der Waals surface area (Å²) in [6.45, 7) is 0.858. The number of ketones is 1. The number of rotatable bonds is 4. The highest BCUT2D eigenvalue weighted by Crippen LogP contribution is 2.35. The van der Waals surface area contributed by atoms with E-state index in [1.165, 1.54) is 0 Å². The number of halogens is 1. The highest BCUT2D eigenvalue weighted by Gasteiger charge is 2.49. The van der Waals surface area contributed by atoms with E-state index in [2.05, 4.69) is 0 Å². The van der Waals surface area contributed by atoms with Crippen LogP contribution in [-0.4, -0.2) is 23.8 Å². The van der Waals surface area contributed by atoms with Crippen LogP contribution in [0.5, 0.6) is 0 Å². The number of alkyl halides is 1. The fourth-order valence-electron chi connectivity index (χ4n) is 2.19. The number of hydrogen-bond acceptors (Lipinski definition) is 3. The summed E-state index contributed by atoms with van der Waals surface area (Å²) in [7, 11) is -4.98. The molecule has 0 aromatic carbocycles. The first-order valence-corrected chi connectivity index (χ1v) is 6.88. The first-order valence-electron chi connectivity index (χ1n) is 5.44. The number of hydrogen-bond donors (Lipinski definition) is 1. The molecular formula is C10H17FO4S. The molecule has 1 fully saturated rings. The molecule has 1 N–H and O–H groups in total. The molecule has 1 aliphatic rings. The molecule has 0 heterocycles. The second-order valence-electron chi connectivity index (χ2n) is 4.47. The van der Waals surface area contributed by atoms with Crippen molar-refractivity contribution in [3.63, 3.8) is 0 Å². The van der Waals surface area contributed by atoms with Crippen LogP contribution >= 0.6 is 0 Å². The molecule has 4 nitrogen and oxygen atoms in total. The standard InChI is InChI=1S/C10H17FO4S/c1-8(12)10(11,16(13,14)15)7-9-5-3-2-4-6-9/h9H,2-7H2,1H3,(H,13,14,15). The molecule has 16 heavy (non-hydrogen) atoms. The van der Waals surface area contributed by atoms with Crippen LogP contribution in [0.2, 0.25) is 0 Å². The lowest BCUT2D eigenvalue weighted by atomic mass is 9.85. The van der Waals surface area contributed by atoms with E-state index in [1.807, 2.05) is 0 Å². The Kier molecular flexibility index (Phi) is 4.07. The number of carbonyl (C=O) groups is 1. The minimum atomic E-state index is -4.98. The highest BCUT2D eigenvalue weighted by atomic mass is 32.2. The van der Waals surface area contributed by atoms with Crippen LogP contribution in [0, 0.1) is 5.92 Å². The van der Waals surface area contributed by atoms with E-state index in [1.54, 1.807) is 0 Å². The predicted octanol–water partition coefficient (Wildman–Crippen LogP) is 2.10. The third kappa shape index (κ3) is 2.79. The molecule has 1 unspecified atom stereocenters. The number of carbonyl (C=O) groups excluding carboxylic acids is 1. The SMILES string of the molecule is CC(=O)C(F)(CC1CCCCC1)S(=O)(=O)O. The van der Waals surface area contributed by atoms with Crippen molar-refractivity contribution in [1.82, 2.24) is 0 Å². The van der Waals surface area contributed by atoms with Gasteiger partial charge in [-0.3, -0.25) is 9.35 Å². The summed E-state index contributed by atoms with van der Waals surface area (Å²) in [6.07, 6.45) is 3.92. The van der Waals surface area contributed by atoms with Gasteiger partial charge in [0.05, 0.1) is 0 Å². The Bertz CT molecular complexity index is 359. The fourth-order valence-corrected chi connectivity index (χ4v) is 3.00. The van der Waals surface area contributed by atoms with Gasteiger partial charge in [-0.15, -0.1) is 0 Å². The van der Waals surface area contributed by atoms with Gasteiger partial charge in [-0.2, -0.15) is 8.42 Å². The minimum Gasteiger partial charge on any atom is -0.295 e. The summed E-state index contributed by atoms with van der Waals surface area (Å²) in [5.41, 5.74) is 0. The van der Waals surface area contributed by atoms with Crippen molar-refractivity contribution in [1.29, 1.82) is 0 Å². The summed E-state index contributed by atoms with van der Waals surface area (Å²) in [5.74, 6) is -1.27. The van der Waals surface area contributed by atoms with Crippen LogP contribution in [0.25, 0.3) is 0 Å². The van der Waals surface area contributed by atoms with Gasteiger partial charge in [-0.25, -0.2) is 4.39 Å². The van der Waals surface area contributed by atoms with Gasteiger partial charge in [0.15, 0.2) is 5.78 Å². The van der Waals surface area contributed by atoms with Crippen molar-refractivity contribution < 1.29 is 22.2 Å². The van der Waals surface area contributed by atoms with Crippen LogP contribution in [0.3, 0.4) is 0 Å². The smallest absolute Gasteiger partial charge is 0.295 e. The molecule has 6 heteroatoms. The maximum absolute atomic E-state index is 14.0.